The summed E-state index contributed by atoms with van der Waals surface area (Å²) in [4.78, 5) is 22.4. The first-order chi connectivity index (χ1) is 11.4. The molecule has 1 N–H and O–H groups in total. The van der Waals surface area contributed by atoms with Gasteiger partial charge in [-0.05, 0) is 37.1 Å². The molecule has 0 fully saturated rings. The summed E-state index contributed by atoms with van der Waals surface area (Å²) < 4.78 is 10.6. The van der Waals surface area contributed by atoms with Gasteiger partial charge in [-0.2, -0.15) is 0 Å². The molecule has 0 radical (unpaired) electrons. The highest BCUT2D eigenvalue weighted by molar-refractivity contribution is 5.93. The van der Waals surface area contributed by atoms with Crippen LogP contribution in [0.2, 0.25) is 0 Å². The molecular weight excluding hydrogens is 312 g/mol. The minimum absolute atomic E-state index is 0.137. The SMILES string of the molecule is COc1ccc([N+](=O)[O-])cc1NC(=O)COc1cccc(C)c1C. The van der Waals surface area contributed by atoms with Crippen LogP contribution in [-0.4, -0.2) is 24.5 Å². The van der Waals surface area contributed by atoms with Crippen molar-refractivity contribution in [3.8, 4) is 11.5 Å². The Balaban J connectivity index is 2.08. The van der Waals surface area contributed by atoms with Gasteiger partial charge < -0.3 is 14.8 Å². The van der Waals surface area contributed by atoms with Crippen LogP contribution in [0.5, 0.6) is 11.5 Å². The van der Waals surface area contributed by atoms with Gasteiger partial charge in [-0.25, -0.2) is 0 Å². The zero-order valence-electron chi connectivity index (χ0n) is 13.7. The number of anilines is 1. The predicted molar refractivity (Wildman–Crippen MR) is 89.7 cm³/mol. The maximum atomic E-state index is 12.1. The van der Waals surface area contributed by atoms with E-state index in [0.29, 0.717) is 11.5 Å². The van der Waals surface area contributed by atoms with Crippen LogP contribution in [0.15, 0.2) is 36.4 Å². The number of benzene rings is 2. The molecule has 0 aliphatic rings. The van der Waals surface area contributed by atoms with Gasteiger partial charge in [-0.1, -0.05) is 12.1 Å². The van der Waals surface area contributed by atoms with Crippen LogP contribution in [0.3, 0.4) is 0 Å². The van der Waals surface area contributed by atoms with Crippen LogP contribution >= 0.6 is 0 Å². The first-order valence-electron chi connectivity index (χ1n) is 7.23. The van der Waals surface area contributed by atoms with Crippen LogP contribution in [0.25, 0.3) is 0 Å². The lowest BCUT2D eigenvalue weighted by atomic mass is 10.1. The number of nitrogens with zero attached hydrogens (tertiary/aromatic N) is 1. The minimum atomic E-state index is -0.540. The fourth-order valence-electron chi connectivity index (χ4n) is 2.12. The van der Waals surface area contributed by atoms with E-state index in [9.17, 15) is 14.9 Å². The van der Waals surface area contributed by atoms with E-state index < -0.39 is 10.8 Å². The van der Waals surface area contributed by atoms with Crippen molar-refractivity contribution >= 4 is 17.3 Å². The Labute approximate surface area is 139 Å². The molecule has 2 aromatic rings. The van der Waals surface area contributed by atoms with Crippen LogP contribution < -0.4 is 14.8 Å². The minimum Gasteiger partial charge on any atom is -0.495 e. The van der Waals surface area contributed by atoms with Gasteiger partial charge >= 0.3 is 0 Å². The molecule has 0 saturated carbocycles. The highest BCUT2D eigenvalue weighted by Gasteiger charge is 2.14. The van der Waals surface area contributed by atoms with Crippen LogP contribution in [0, 0.1) is 24.0 Å². The van der Waals surface area contributed by atoms with E-state index in [1.54, 1.807) is 6.07 Å². The Morgan fingerprint density at radius 2 is 1.96 bits per heavy atom. The van der Waals surface area contributed by atoms with E-state index >= 15 is 0 Å². The third kappa shape index (κ3) is 4.01. The average Bonchev–Trinajstić information content (AvgIpc) is 2.56. The number of aryl methyl sites for hydroxylation is 1. The van der Waals surface area contributed by atoms with E-state index in [4.69, 9.17) is 9.47 Å². The smallest absolute Gasteiger partial charge is 0.271 e. The zero-order valence-corrected chi connectivity index (χ0v) is 13.7. The molecule has 126 valence electrons. The summed E-state index contributed by atoms with van der Waals surface area (Å²) in [5, 5.41) is 13.4. The Morgan fingerprint density at radius 1 is 1.21 bits per heavy atom. The molecule has 0 saturated heterocycles. The molecule has 0 bridgehead atoms. The normalized spacial score (nSPS) is 10.1. The lowest BCUT2D eigenvalue weighted by Crippen LogP contribution is -2.21. The Morgan fingerprint density at radius 3 is 2.62 bits per heavy atom. The molecule has 2 aromatic carbocycles. The summed E-state index contributed by atoms with van der Waals surface area (Å²) in [5.41, 5.74) is 2.11. The fourth-order valence-corrected chi connectivity index (χ4v) is 2.12. The molecular formula is C17H18N2O5. The first-order valence-corrected chi connectivity index (χ1v) is 7.23. The van der Waals surface area contributed by atoms with Gasteiger partial charge in [0.1, 0.15) is 11.5 Å². The average molecular weight is 330 g/mol. The molecule has 24 heavy (non-hydrogen) atoms. The quantitative estimate of drug-likeness (QED) is 0.648. The molecule has 0 aliphatic carbocycles. The highest BCUT2D eigenvalue weighted by atomic mass is 16.6. The Hall–Kier alpha value is -3.09. The lowest BCUT2D eigenvalue weighted by Gasteiger charge is -2.12. The maximum Gasteiger partial charge on any atom is 0.271 e. The monoisotopic (exact) mass is 330 g/mol. The van der Waals surface area contributed by atoms with Gasteiger partial charge in [0, 0.05) is 12.1 Å². The number of hydrogen-bond donors (Lipinski definition) is 1. The number of nitrogens with one attached hydrogen (secondary N) is 1. The summed E-state index contributed by atoms with van der Waals surface area (Å²) in [5.74, 6) is 0.520. The fraction of sp³-hybridized carbons (Fsp3) is 0.235. The number of non-ortho nitro benzene ring substituents is 1. The van der Waals surface area contributed by atoms with Crippen LogP contribution in [-0.2, 0) is 4.79 Å². The number of nitro benzene ring substituents is 1. The molecule has 1 amide bonds. The summed E-state index contributed by atoms with van der Waals surface area (Å²) in [7, 11) is 1.42. The van der Waals surface area contributed by atoms with Crippen molar-refractivity contribution < 1.29 is 19.2 Å². The summed E-state index contributed by atoms with van der Waals surface area (Å²) >= 11 is 0. The van der Waals surface area contributed by atoms with Crippen molar-refractivity contribution in [2.75, 3.05) is 19.0 Å². The third-order valence-electron chi connectivity index (χ3n) is 3.58. The molecule has 0 aromatic heterocycles. The third-order valence-corrected chi connectivity index (χ3v) is 3.58. The topological polar surface area (TPSA) is 90.7 Å². The summed E-state index contributed by atoms with van der Waals surface area (Å²) in [6.45, 7) is 3.65. The van der Waals surface area contributed by atoms with Crippen molar-refractivity contribution in [3.63, 3.8) is 0 Å². The predicted octanol–water partition coefficient (Wildman–Crippen LogP) is 3.24. The van der Waals surface area contributed by atoms with E-state index in [0.717, 1.165) is 11.1 Å². The van der Waals surface area contributed by atoms with Crippen molar-refractivity contribution in [2.24, 2.45) is 0 Å². The second-order valence-corrected chi connectivity index (χ2v) is 5.18. The summed E-state index contributed by atoms with van der Waals surface area (Å²) in [6, 6.07) is 9.56. The van der Waals surface area contributed by atoms with Crippen molar-refractivity contribution in [3.05, 3.63) is 57.6 Å². The standard InChI is InChI=1S/C17H18N2O5/c1-11-5-4-6-15(12(11)2)24-10-17(20)18-14-9-13(19(21)22)7-8-16(14)23-3/h4-9H,10H2,1-3H3,(H,18,20). The van der Waals surface area contributed by atoms with Gasteiger partial charge in [0.15, 0.2) is 6.61 Å². The Kier molecular flexibility index (Phi) is 5.36. The maximum absolute atomic E-state index is 12.1. The molecule has 0 heterocycles. The number of hydrogen-bond acceptors (Lipinski definition) is 5. The molecule has 2 rings (SSSR count). The van der Waals surface area contributed by atoms with Crippen molar-refractivity contribution in [2.45, 2.75) is 13.8 Å². The van der Waals surface area contributed by atoms with Crippen LogP contribution in [0.4, 0.5) is 11.4 Å². The van der Waals surface area contributed by atoms with Gasteiger partial charge in [-0.3, -0.25) is 14.9 Å². The van der Waals surface area contributed by atoms with E-state index in [2.05, 4.69) is 5.32 Å². The van der Waals surface area contributed by atoms with Gasteiger partial charge in [-0.15, -0.1) is 0 Å². The van der Waals surface area contributed by atoms with E-state index in [1.807, 2.05) is 26.0 Å². The molecule has 7 heteroatoms. The Bertz CT molecular complexity index is 774. The van der Waals surface area contributed by atoms with Gasteiger partial charge in [0.05, 0.1) is 17.7 Å². The van der Waals surface area contributed by atoms with E-state index in [1.165, 1.54) is 25.3 Å². The van der Waals surface area contributed by atoms with Crippen molar-refractivity contribution in [1.29, 1.82) is 0 Å². The van der Waals surface area contributed by atoms with E-state index in [-0.39, 0.29) is 18.0 Å². The van der Waals surface area contributed by atoms with Crippen molar-refractivity contribution in [1.82, 2.24) is 0 Å². The number of rotatable bonds is 6. The second-order valence-electron chi connectivity index (χ2n) is 5.18. The molecule has 0 unspecified atom stereocenters. The molecule has 0 spiro atoms. The highest BCUT2D eigenvalue weighted by Crippen LogP contribution is 2.29. The second kappa shape index (κ2) is 7.45. The summed E-state index contributed by atoms with van der Waals surface area (Å²) in [6.07, 6.45) is 0. The largest absolute Gasteiger partial charge is 0.495 e. The number of carbonyl (C=O) groups excluding carboxylic acids is 1. The number of ether oxygens (including phenoxy) is 2. The molecule has 7 nitrogen and oxygen atoms in total. The van der Waals surface area contributed by atoms with Gasteiger partial charge in [0.2, 0.25) is 0 Å². The van der Waals surface area contributed by atoms with Crippen LogP contribution in [0.1, 0.15) is 11.1 Å². The first kappa shape index (κ1) is 17.3. The number of carbonyl (C=O) groups is 1. The lowest BCUT2D eigenvalue weighted by molar-refractivity contribution is -0.384. The molecule has 0 aliphatic heterocycles. The number of methoxy groups -OCH3 is 1. The number of nitro groups is 1. The number of amides is 1. The zero-order chi connectivity index (χ0) is 17.7. The molecule has 0 atom stereocenters. The van der Waals surface area contributed by atoms with Gasteiger partial charge in [0.25, 0.3) is 11.6 Å².